The van der Waals surface area contributed by atoms with Crippen LogP contribution in [-0.2, 0) is 0 Å². The molecule has 1 unspecified atom stereocenters. The minimum Gasteiger partial charge on any atom is -0.337 e. The first kappa shape index (κ1) is 18.4. The number of urea groups is 1. The number of hydrogen-bond donors (Lipinski definition) is 1. The van der Waals surface area contributed by atoms with Crippen molar-refractivity contribution in [1.82, 2.24) is 15.0 Å². The second-order valence-corrected chi connectivity index (χ2v) is 6.81. The molecule has 1 fully saturated rings. The second kappa shape index (κ2) is 7.55. The van der Waals surface area contributed by atoms with Crippen molar-refractivity contribution in [2.45, 2.75) is 18.9 Å². The van der Waals surface area contributed by atoms with Gasteiger partial charge in [0.05, 0.1) is 0 Å². The SMILES string of the molecule is O=C(Nc1ccc(F)c(F)c1)N1CCCC1c1nc(-c2ccc(Cl)cc2)no1. The lowest BCUT2D eigenvalue weighted by molar-refractivity contribution is 0.193. The van der Waals surface area contributed by atoms with Gasteiger partial charge in [-0.15, -0.1) is 0 Å². The van der Waals surface area contributed by atoms with E-state index in [1.165, 1.54) is 6.07 Å². The molecule has 0 aliphatic carbocycles. The van der Waals surface area contributed by atoms with E-state index in [1.54, 1.807) is 29.2 Å². The number of amides is 2. The van der Waals surface area contributed by atoms with Gasteiger partial charge in [0, 0.05) is 28.9 Å². The van der Waals surface area contributed by atoms with Crippen LogP contribution < -0.4 is 5.32 Å². The minimum atomic E-state index is -1.03. The summed E-state index contributed by atoms with van der Waals surface area (Å²) in [5.74, 6) is -1.28. The number of carbonyl (C=O) groups excluding carboxylic acids is 1. The summed E-state index contributed by atoms with van der Waals surface area (Å²) in [6, 6.07) is 9.37. The van der Waals surface area contributed by atoms with Crippen molar-refractivity contribution in [2.75, 3.05) is 11.9 Å². The standard InChI is InChI=1S/C19H15ClF2N4O2/c20-12-5-3-11(4-6-12)17-24-18(28-25-17)16-2-1-9-26(16)19(27)23-13-7-8-14(21)15(22)10-13/h3-8,10,16H,1-2,9H2,(H,23,27). The van der Waals surface area contributed by atoms with Gasteiger partial charge in [-0.2, -0.15) is 4.98 Å². The molecule has 0 radical (unpaired) electrons. The quantitative estimate of drug-likeness (QED) is 0.664. The first-order valence-electron chi connectivity index (χ1n) is 8.63. The Kier molecular flexibility index (Phi) is 4.95. The summed E-state index contributed by atoms with van der Waals surface area (Å²) in [6.45, 7) is 0.485. The molecule has 6 nitrogen and oxygen atoms in total. The maximum Gasteiger partial charge on any atom is 0.322 e. The van der Waals surface area contributed by atoms with Gasteiger partial charge in [-0.1, -0.05) is 16.8 Å². The molecule has 3 aromatic rings. The Bertz CT molecular complexity index is 1010. The molecule has 0 saturated carbocycles. The fourth-order valence-corrected chi connectivity index (χ4v) is 3.25. The van der Waals surface area contributed by atoms with Gasteiger partial charge in [-0.05, 0) is 49.2 Å². The lowest BCUT2D eigenvalue weighted by Gasteiger charge is -2.22. The molecular weight excluding hydrogens is 390 g/mol. The number of nitrogens with one attached hydrogen (secondary N) is 1. The van der Waals surface area contributed by atoms with Crippen LogP contribution in [0.2, 0.25) is 5.02 Å². The average Bonchev–Trinajstić information content (AvgIpc) is 3.34. The molecule has 2 heterocycles. The lowest BCUT2D eigenvalue weighted by atomic mass is 10.2. The van der Waals surface area contributed by atoms with Crippen molar-refractivity contribution in [1.29, 1.82) is 0 Å². The highest BCUT2D eigenvalue weighted by molar-refractivity contribution is 6.30. The smallest absolute Gasteiger partial charge is 0.322 e. The molecule has 9 heteroatoms. The van der Waals surface area contributed by atoms with E-state index in [9.17, 15) is 13.6 Å². The van der Waals surface area contributed by atoms with Crippen LogP contribution in [0, 0.1) is 11.6 Å². The van der Waals surface area contributed by atoms with Gasteiger partial charge in [0.15, 0.2) is 11.6 Å². The Morgan fingerprint density at radius 1 is 1.18 bits per heavy atom. The van der Waals surface area contributed by atoms with Crippen LogP contribution in [0.3, 0.4) is 0 Å². The Morgan fingerprint density at radius 3 is 2.71 bits per heavy atom. The Hall–Kier alpha value is -3.00. The van der Waals surface area contributed by atoms with Crippen molar-refractivity contribution < 1.29 is 18.1 Å². The molecule has 1 saturated heterocycles. The van der Waals surface area contributed by atoms with Crippen LogP contribution >= 0.6 is 11.6 Å². The van der Waals surface area contributed by atoms with Gasteiger partial charge in [0.25, 0.3) is 0 Å². The van der Waals surface area contributed by atoms with Crippen LogP contribution in [0.5, 0.6) is 0 Å². The topological polar surface area (TPSA) is 71.3 Å². The van der Waals surface area contributed by atoms with Crippen LogP contribution in [0.15, 0.2) is 47.0 Å². The van der Waals surface area contributed by atoms with Crippen molar-refractivity contribution in [3.05, 3.63) is 65.0 Å². The lowest BCUT2D eigenvalue weighted by Crippen LogP contribution is -2.34. The molecule has 2 aromatic carbocycles. The Balaban J connectivity index is 1.51. The fourth-order valence-electron chi connectivity index (χ4n) is 3.12. The summed E-state index contributed by atoms with van der Waals surface area (Å²) in [5, 5.41) is 7.15. The molecule has 1 aliphatic rings. The Morgan fingerprint density at radius 2 is 1.96 bits per heavy atom. The first-order valence-corrected chi connectivity index (χ1v) is 9.01. The predicted octanol–water partition coefficient (Wildman–Crippen LogP) is 5.04. The molecule has 1 N–H and O–H groups in total. The van der Waals surface area contributed by atoms with Gasteiger partial charge < -0.3 is 14.7 Å². The molecule has 2 amide bonds. The summed E-state index contributed by atoms with van der Waals surface area (Å²) in [5.41, 5.74) is 0.914. The zero-order valence-corrected chi connectivity index (χ0v) is 15.3. The van der Waals surface area contributed by atoms with Crippen molar-refractivity contribution in [3.8, 4) is 11.4 Å². The molecule has 1 aromatic heterocycles. The number of rotatable bonds is 3. The highest BCUT2D eigenvalue weighted by Gasteiger charge is 2.34. The summed E-state index contributed by atoms with van der Waals surface area (Å²) >= 11 is 5.89. The maximum absolute atomic E-state index is 13.4. The number of carbonyl (C=O) groups is 1. The van der Waals surface area contributed by atoms with E-state index in [0.29, 0.717) is 29.7 Å². The van der Waals surface area contributed by atoms with Gasteiger partial charge >= 0.3 is 6.03 Å². The second-order valence-electron chi connectivity index (χ2n) is 6.37. The summed E-state index contributed by atoms with van der Waals surface area (Å²) in [7, 11) is 0. The summed E-state index contributed by atoms with van der Waals surface area (Å²) in [4.78, 5) is 18.6. The van der Waals surface area contributed by atoms with Crippen molar-refractivity contribution in [2.24, 2.45) is 0 Å². The number of aromatic nitrogens is 2. The molecule has 144 valence electrons. The molecule has 1 aliphatic heterocycles. The zero-order valence-electron chi connectivity index (χ0n) is 14.5. The van der Waals surface area contributed by atoms with E-state index in [4.69, 9.17) is 16.1 Å². The number of halogens is 3. The number of anilines is 1. The average molecular weight is 405 g/mol. The summed E-state index contributed by atoms with van der Waals surface area (Å²) in [6.07, 6.45) is 1.42. The van der Waals surface area contributed by atoms with Gasteiger partial charge in [0.1, 0.15) is 6.04 Å². The van der Waals surface area contributed by atoms with E-state index >= 15 is 0 Å². The van der Waals surface area contributed by atoms with E-state index < -0.39 is 17.7 Å². The molecule has 0 bridgehead atoms. The zero-order chi connectivity index (χ0) is 19.7. The maximum atomic E-state index is 13.4. The molecular formula is C19H15ClF2N4O2. The Labute approximate surface area is 164 Å². The van der Waals surface area contributed by atoms with E-state index in [1.807, 2.05) is 0 Å². The third-order valence-corrected chi connectivity index (χ3v) is 4.77. The van der Waals surface area contributed by atoms with Gasteiger partial charge in [-0.25, -0.2) is 13.6 Å². The van der Waals surface area contributed by atoms with Crippen molar-refractivity contribution >= 4 is 23.3 Å². The largest absolute Gasteiger partial charge is 0.337 e. The highest BCUT2D eigenvalue weighted by Crippen LogP contribution is 2.32. The molecule has 28 heavy (non-hydrogen) atoms. The van der Waals surface area contributed by atoms with Crippen LogP contribution in [0.1, 0.15) is 24.8 Å². The van der Waals surface area contributed by atoms with E-state index in [0.717, 1.165) is 24.1 Å². The first-order chi connectivity index (χ1) is 13.5. The number of hydrogen-bond acceptors (Lipinski definition) is 4. The van der Waals surface area contributed by atoms with Gasteiger partial charge in [0.2, 0.25) is 11.7 Å². The van der Waals surface area contributed by atoms with Crippen molar-refractivity contribution in [3.63, 3.8) is 0 Å². The number of nitrogens with zero attached hydrogens (tertiary/aromatic N) is 3. The van der Waals surface area contributed by atoms with Crippen LogP contribution in [0.4, 0.5) is 19.3 Å². The predicted molar refractivity (Wildman–Crippen MR) is 98.8 cm³/mol. The number of benzene rings is 2. The highest BCUT2D eigenvalue weighted by atomic mass is 35.5. The fraction of sp³-hybridized carbons (Fsp3) is 0.211. The minimum absolute atomic E-state index is 0.168. The van der Waals surface area contributed by atoms with E-state index in [2.05, 4.69) is 15.5 Å². The summed E-state index contributed by atoms with van der Waals surface area (Å²) < 4.78 is 31.8. The monoisotopic (exact) mass is 404 g/mol. The molecule has 4 rings (SSSR count). The van der Waals surface area contributed by atoms with E-state index in [-0.39, 0.29) is 11.7 Å². The molecule has 0 spiro atoms. The van der Waals surface area contributed by atoms with Gasteiger partial charge in [-0.3, -0.25) is 0 Å². The normalized spacial score (nSPS) is 16.4. The number of likely N-dealkylation sites (tertiary alicyclic amines) is 1. The van der Waals surface area contributed by atoms with Crippen LogP contribution in [0.25, 0.3) is 11.4 Å². The third kappa shape index (κ3) is 3.68. The van der Waals surface area contributed by atoms with Crippen LogP contribution in [-0.4, -0.2) is 27.6 Å². The third-order valence-electron chi connectivity index (χ3n) is 4.51. The molecule has 1 atom stereocenters.